The number of hydrogen-bond donors (Lipinski definition) is 1. The summed E-state index contributed by atoms with van der Waals surface area (Å²) in [5.41, 5.74) is 2.92. The fourth-order valence-electron chi connectivity index (χ4n) is 2.79. The van der Waals surface area contributed by atoms with E-state index in [2.05, 4.69) is 29.2 Å². The highest BCUT2D eigenvalue weighted by molar-refractivity contribution is 7.82. The minimum Gasteiger partial charge on any atom is -0.357 e. The SMILES string of the molecule is SC12CCCN1c1ccccc1CC2. The molecule has 0 bridgehead atoms. The molecule has 1 unspecified atom stereocenters. The van der Waals surface area contributed by atoms with Crippen molar-refractivity contribution in [2.24, 2.45) is 0 Å². The van der Waals surface area contributed by atoms with Crippen LogP contribution in [0.1, 0.15) is 24.8 Å². The van der Waals surface area contributed by atoms with E-state index >= 15 is 0 Å². The molecule has 1 aromatic carbocycles. The molecule has 0 aliphatic carbocycles. The van der Waals surface area contributed by atoms with Crippen molar-refractivity contribution in [3.05, 3.63) is 29.8 Å². The number of aryl methyl sites for hydroxylation is 1. The maximum atomic E-state index is 4.86. The van der Waals surface area contributed by atoms with Crippen LogP contribution in [0.5, 0.6) is 0 Å². The summed E-state index contributed by atoms with van der Waals surface area (Å²) in [7, 11) is 0. The van der Waals surface area contributed by atoms with Crippen LogP contribution in [0.4, 0.5) is 5.69 Å². The maximum Gasteiger partial charge on any atom is 0.0835 e. The van der Waals surface area contributed by atoms with Gasteiger partial charge in [0.2, 0.25) is 0 Å². The lowest BCUT2D eigenvalue weighted by Crippen LogP contribution is -2.42. The molecule has 0 amide bonds. The van der Waals surface area contributed by atoms with Crippen molar-refractivity contribution in [3.63, 3.8) is 0 Å². The Hall–Kier alpha value is -0.630. The zero-order valence-electron chi connectivity index (χ0n) is 8.24. The van der Waals surface area contributed by atoms with Crippen LogP contribution >= 0.6 is 12.6 Å². The van der Waals surface area contributed by atoms with Crippen LogP contribution in [0.2, 0.25) is 0 Å². The second-order valence-corrected chi connectivity index (χ2v) is 5.20. The topological polar surface area (TPSA) is 3.24 Å². The predicted octanol–water partition coefficient (Wildman–Crippen LogP) is 2.86. The van der Waals surface area contributed by atoms with Crippen LogP contribution in [0.3, 0.4) is 0 Å². The smallest absolute Gasteiger partial charge is 0.0835 e. The van der Waals surface area contributed by atoms with E-state index in [4.69, 9.17) is 12.6 Å². The second-order valence-electron chi connectivity index (χ2n) is 4.37. The first kappa shape index (κ1) is 8.66. The van der Waals surface area contributed by atoms with Gasteiger partial charge in [-0.05, 0) is 37.3 Å². The van der Waals surface area contributed by atoms with Crippen LogP contribution in [-0.4, -0.2) is 11.4 Å². The molecule has 2 aliphatic rings. The molecule has 2 heteroatoms. The maximum absolute atomic E-state index is 4.86. The van der Waals surface area contributed by atoms with Crippen molar-refractivity contribution in [2.75, 3.05) is 11.4 Å². The van der Waals surface area contributed by atoms with Crippen LogP contribution in [-0.2, 0) is 6.42 Å². The number of hydrogen-bond acceptors (Lipinski definition) is 2. The zero-order chi connectivity index (χ0) is 9.60. The Kier molecular flexibility index (Phi) is 1.81. The van der Waals surface area contributed by atoms with E-state index in [1.165, 1.54) is 43.5 Å². The van der Waals surface area contributed by atoms with Crippen LogP contribution in [0, 0.1) is 0 Å². The molecule has 3 rings (SSSR count). The summed E-state index contributed by atoms with van der Waals surface area (Å²) >= 11 is 4.86. The van der Waals surface area contributed by atoms with E-state index in [1.807, 2.05) is 0 Å². The monoisotopic (exact) mass is 205 g/mol. The molecule has 74 valence electrons. The number of fused-ring (bicyclic) bond motifs is 3. The average molecular weight is 205 g/mol. The highest BCUT2D eigenvalue weighted by Gasteiger charge is 2.40. The summed E-state index contributed by atoms with van der Waals surface area (Å²) in [4.78, 5) is 2.66. The van der Waals surface area contributed by atoms with Gasteiger partial charge in [-0.2, -0.15) is 12.6 Å². The third-order valence-electron chi connectivity index (χ3n) is 3.54. The highest BCUT2D eigenvalue weighted by Crippen LogP contribution is 2.45. The third-order valence-corrected chi connectivity index (χ3v) is 4.23. The van der Waals surface area contributed by atoms with Gasteiger partial charge in [-0.25, -0.2) is 0 Å². The number of anilines is 1. The van der Waals surface area contributed by atoms with Gasteiger partial charge < -0.3 is 4.90 Å². The lowest BCUT2D eigenvalue weighted by molar-refractivity contribution is 0.540. The summed E-state index contributed by atoms with van der Waals surface area (Å²) in [5.74, 6) is 0. The molecule has 1 aromatic rings. The number of benzene rings is 1. The van der Waals surface area contributed by atoms with Crippen LogP contribution < -0.4 is 4.90 Å². The third kappa shape index (κ3) is 1.10. The fourth-order valence-corrected chi connectivity index (χ4v) is 3.27. The second kappa shape index (κ2) is 2.93. The minimum atomic E-state index is 0.161. The van der Waals surface area contributed by atoms with Gasteiger partial charge in [-0.15, -0.1) is 0 Å². The molecule has 1 saturated heterocycles. The Morgan fingerprint density at radius 3 is 3.00 bits per heavy atom. The van der Waals surface area contributed by atoms with Crippen molar-refractivity contribution in [2.45, 2.75) is 30.6 Å². The first-order valence-corrected chi connectivity index (χ1v) is 5.82. The number of thiol groups is 1. The van der Waals surface area contributed by atoms with Gasteiger partial charge in [0.15, 0.2) is 0 Å². The van der Waals surface area contributed by atoms with Crippen molar-refractivity contribution < 1.29 is 0 Å². The normalized spacial score (nSPS) is 29.9. The Bertz CT molecular complexity index is 363. The first-order valence-electron chi connectivity index (χ1n) is 5.38. The molecular weight excluding hydrogens is 190 g/mol. The Morgan fingerprint density at radius 2 is 2.07 bits per heavy atom. The molecule has 1 atom stereocenters. The van der Waals surface area contributed by atoms with Crippen molar-refractivity contribution in [1.29, 1.82) is 0 Å². The lowest BCUT2D eigenvalue weighted by atomic mass is 9.96. The standard InChI is InChI=1S/C12H15NS/c14-12-7-3-9-13(12)11-5-2-1-4-10(11)6-8-12/h1-2,4-5,14H,3,6-9H2. The molecule has 0 radical (unpaired) electrons. The molecular formula is C12H15NS. The van der Waals surface area contributed by atoms with Gasteiger partial charge in [-0.3, -0.25) is 0 Å². The van der Waals surface area contributed by atoms with E-state index in [1.54, 1.807) is 0 Å². The molecule has 1 nitrogen and oxygen atoms in total. The highest BCUT2D eigenvalue weighted by atomic mass is 32.1. The number of rotatable bonds is 0. The van der Waals surface area contributed by atoms with Gasteiger partial charge in [-0.1, -0.05) is 18.2 Å². The largest absolute Gasteiger partial charge is 0.357 e. The Balaban J connectivity index is 2.10. The fraction of sp³-hybridized carbons (Fsp3) is 0.500. The van der Waals surface area contributed by atoms with Crippen molar-refractivity contribution in [3.8, 4) is 0 Å². The van der Waals surface area contributed by atoms with Gasteiger partial charge in [0.05, 0.1) is 4.87 Å². The summed E-state index contributed by atoms with van der Waals surface area (Å²) < 4.78 is 0. The van der Waals surface area contributed by atoms with E-state index < -0.39 is 0 Å². The summed E-state index contributed by atoms with van der Waals surface area (Å²) in [6, 6.07) is 8.77. The minimum absolute atomic E-state index is 0.161. The lowest BCUT2D eigenvalue weighted by Gasteiger charge is -2.41. The van der Waals surface area contributed by atoms with Crippen molar-refractivity contribution in [1.82, 2.24) is 0 Å². The van der Waals surface area contributed by atoms with E-state index in [0.29, 0.717) is 0 Å². The number of para-hydroxylation sites is 1. The average Bonchev–Trinajstić information content (AvgIpc) is 2.60. The van der Waals surface area contributed by atoms with Gasteiger partial charge in [0, 0.05) is 12.2 Å². The van der Waals surface area contributed by atoms with E-state index in [-0.39, 0.29) is 4.87 Å². The molecule has 1 fully saturated rings. The van der Waals surface area contributed by atoms with Gasteiger partial charge in [0.1, 0.15) is 0 Å². The van der Waals surface area contributed by atoms with Gasteiger partial charge >= 0.3 is 0 Å². The van der Waals surface area contributed by atoms with E-state index in [9.17, 15) is 0 Å². The summed E-state index contributed by atoms with van der Waals surface area (Å²) in [6.07, 6.45) is 4.92. The predicted molar refractivity (Wildman–Crippen MR) is 63.1 cm³/mol. The molecule has 2 aliphatic heterocycles. The first-order chi connectivity index (χ1) is 6.80. The molecule has 14 heavy (non-hydrogen) atoms. The van der Waals surface area contributed by atoms with E-state index in [0.717, 1.165) is 0 Å². The molecule has 0 aromatic heterocycles. The van der Waals surface area contributed by atoms with Crippen LogP contribution in [0.25, 0.3) is 0 Å². The summed E-state index contributed by atoms with van der Waals surface area (Å²) in [5, 5.41) is 0. The quantitative estimate of drug-likeness (QED) is 0.637. The van der Waals surface area contributed by atoms with Crippen molar-refractivity contribution >= 4 is 18.3 Å². The molecule has 0 N–H and O–H groups in total. The molecule has 0 spiro atoms. The molecule has 0 saturated carbocycles. The Morgan fingerprint density at radius 1 is 1.21 bits per heavy atom. The van der Waals surface area contributed by atoms with Gasteiger partial charge in [0.25, 0.3) is 0 Å². The van der Waals surface area contributed by atoms with Crippen LogP contribution in [0.15, 0.2) is 24.3 Å². The zero-order valence-corrected chi connectivity index (χ0v) is 9.13. The molecule has 2 heterocycles. The number of nitrogens with zero attached hydrogens (tertiary/aromatic N) is 1. The summed E-state index contributed by atoms with van der Waals surface area (Å²) in [6.45, 7) is 1.18. The Labute approximate surface area is 90.5 Å².